The summed E-state index contributed by atoms with van der Waals surface area (Å²) in [7, 11) is 0. The predicted molar refractivity (Wildman–Crippen MR) is 55.2 cm³/mol. The first-order chi connectivity index (χ1) is 7.33. The molecule has 1 aliphatic heterocycles. The lowest BCUT2D eigenvalue weighted by Gasteiger charge is -2.39. The highest BCUT2D eigenvalue weighted by Crippen LogP contribution is 2.36. The van der Waals surface area contributed by atoms with Crippen molar-refractivity contribution < 1.29 is 13.2 Å². The number of nitrogens with two attached hydrogens (primary N) is 1. The molecular formula is C10H10ClF3N2. The van der Waals surface area contributed by atoms with Crippen LogP contribution in [0.1, 0.15) is 11.1 Å². The van der Waals surface area contributed by atoms with E-state index in [4.69, 9.17) is 17.3 Å². The molecule has 16 heavy (non-hydrogen) atoms. The molecule has 3 N–H and O–H groups in total. The fraction of sp³-hybridized carbons (Fsp3) is 0.400. The zero-order valence-corrected chi connectivity index (χ0v) is 8.99. The highest BCUT2D eigenvalue weighted by molar-refractivity contribution is 6.31. The summed E-state index contributed by atoms with van der Waals surface area (Å²) in [6.45, 7) is 1.10. The van der Waals surface area contributed by atoms with E-state index in [1.165, 1.54) is 12.1 Å². The van der Waals surface area contributed by atoms with Crippen LogP contribution in [-0.2, 0) is 11.7 Å². The molecule has 1 fully saturated rings. The van der Waals surface area contributed by atoms with Gasteiger partial charge in [0.05, 0.1) is 16.1 Å². The van der Waals surface area contributed by atoms with E-state index in [-0.39, 0.29) is 5.02 Å². The molecule has 1 heterocycles. The Morgan fingerprint density at radius 2 is 1.94 bits per heavy atom. The van der Waals surface area contributed by atoms with E-state index in [1.807, 2.05) is 0 Å². The Bertz CT molecular complexity index is 413. The van der Waals surface area contributed by atoms with Gasteiger partial charge in [-0.1, -0.05) is 17.7 Å². The summed E-state index contributed by atoms with van der Waals surface area (Å²) >= 11 is 5.61. The third kappa shape index (κ3) is 1.90. The lowest BCUT2D eigenvalue weighted by atomic mass is 9.85. The van der Waals surface area contributed by atoms with Crippen molar-refractivity contribution in [2.45, 2.75) is 11.7 Å². The van der Waals surface area contributed by atoms with E-state index in [2.05, 4.69) is 5.32 Å². The van der Waals surface area contributed by atoms with E-state index >= 15 is 0 Å². The molecule has 0 radical (unpaired) electrons. The van der Waals surface area contributed by atoms with Crippen molar-refractivity contribution in [2.75, 3.05) is 13.1 Å². The Morgan fingerprint density at radius 1 is 1.31 bits per heavy atom. The first kappa shape index (κ1) is 11.7. The zero-order chi connectivity index (χ0) is 12.0. The summed E-state index contributed by atoms with van der Waals surface area (Å²) in [5.41, 5.74) is 5.16. The standard InChI is InChI=1S/C10H10ClF3N2/c11-8-3-6(9(15)4-16-5-9)1-2-7(8)10(12,13)14/h1-3,16H,4-5,15H2. The van der Waals surface area contributed by atoms with Crippen LogP contribution in [0.5, 0.6) is 0 Å². The van der Waals surface area contributed by atoms with Gasteiger partial charge in [-0.3, -0.25) is 0 Å². The predicted octanol–water partition coefficient (Wildman–Crippen LogP) is 2.12. The molecule has 6 heteroatoms. The maximum atomic E-state index is 12.4. The monoisotopic (exact) mass is 250 g/mol. The zero-order valence-electron chi connectivity index (χ0n) is 8.24. The van der Waals surface area contributed by atoms with Gasteiger partial charge in [-0.15, -0.1) is 0 Å². The van der Waals surface area contributed by atoms with Gasteiger partial charge in [0.1, 0.15) is 0 Å². The van der Waals surface area contributed by atoms with Crippen LogP contribution in [0.4, 0.5) is 13.2 Å². The molecule has 0 spiro atoms. The molecule has 0 unspecified atom stereocenters. The minimum Gasteiger partial charge on any atom is -0.319 e. The van der Waals surface area contributed by atoms with E-state index < -0.39 is 17.3 Å². The summed E-state index contributed by atoms with van der Waals surface area (Å²) in [6.07, 6.45) is -4.42. The van der Waals surface area contributed by atoms with Crippen LogP contribution in [-0.4, -0.2) is 13.1 Å². The van der Waals surface area contributed by atoms with Crippen LogP contribution < -0.4 is 11.1 Å². The van der Waals surface area contributed by atoms with Crippen molar-refractivity contribution in [1.82, 2.24) is 5.32 Å². The Balaban J connectivity index is 2.37. The van der Waals surface area contributed by atoms with E-state index in [0.717, 1.165) is 6.07 Å². The molecule has 0 aliphatic carbocycles. The van der Waals surface area contributed by atoms with Gasteiger partial charge in [0.25, 0.3) is 0 Å². The molecule has 0 bridgehead atoms. The van der Waals surface area contributed by atoms with Gasteiger partial charge in [-0.25, -0.2) is 0 Å². The van der Waals surface area contributed by atoms with Crippen molar-refractivity contribution in [1.29, 1.82) is 0 Å². The fourth-order valence-corrected chi connectivity index (χ4v) is 1.94. The van der Waals surface area contributed by atoms with Crippen molar-refractivity contribution in [2.24, 2.45) is 5.73 Å². The van der Waals surface area contributed by atoms with Crippen LogP contribution >= 0.6 is 11.6 Å². The Kier molecular flexibility index (Phi) is 2.64. The number of nitrogens with one attached hydrogen (secondary N) is 1. The molecular weight excluding hydrogens is 241 g/mol. The molecule has 1 aromatic carbocycles. The first-order valence-electron chi connectivity index (χ1n) is 4.70. The fourth-order valence-electron chi connectivity index (χ4n) is 1.65. The second-order valence-corrected chi connectivity index (χ2v) is 4.36. The molecule has 0 atom stereocenters. The summed E-state index contributed by atoms with van der Waals surface area (Å²) in [4.78, 5) is 0. The quantitative estimate of drug-likeness (QED) is 0.801. The molecule has 1 aliphatic rings. The van der Waals surface area contributed by atoms with E-state index in [9.17, 15) is 13.2 Å². The first-order valence-corrected chi connectivity index (χ1v) is 5.07. The topological polar surface area (TPSA) is 38.0 Å². The molecule has 88 valence electrons. The summed E-state index contributed by atoms with van der Waals surface area (Å²) < 4.78 is 37.3. The summed E-state index contributed by atoms with van der Waals surface area (Å²) in [5.74, 6) is 0. The van der Waals surface area contributed by atoms with Crippen molar-refractivity contribution in [3.63, 3.8) is 0 Å². The summed E-state index contributed by atoms with van der Waals surface area (Å²) in [6, 6.07) is 3.66. The van der Waals surface area contributed by atoms with Gasteiger partial charge >= 0.3 is 6.18 Å². The molecule has 2 rings (SSSR count). The second kappa shape index (κ2) is 3.61. The number of rotatable bonds is 1. The maximum absolute atomic E-state index is 12.4. The van der Waals surface area contributed by atoms with Gasteiger partial charge in [0, 0.05) is 13.1 Å². The largest absolute Gasteiger partial charge is 0.417 e. The van der Waals surface area contributed by atoms with Crippen LogP contribution in [0, 0.1) is 0 Å². The van der Waals surface area contributed by atoms with Crippen LogP contribution in [0.3, 0.4) is 0 Å². The van der Waals surface area contributed by atoms with Gasteiger partial charge < -0.3 is 11.1 Å². The van der Waals surface area contributed by atoms with Gasteiger partial charge in [-0.2, -0.15) is 13.2 Å². The lowest BCUT2D eigenvalue weighted by Crippen LogP contribution is -2.62. The number of hydrogen-bond acceptors (Lipinski definition) is 2. The van der Waals surface area contributed by atoms with E-state index in [1.54, 1.807) is 0 Å². The molecule has 2 nitrogen and oxygen atoms in total. The normalized spacial score (nSPS) is 19.3. The van der Waals surface area contributed by atoms with Crippen LogP contribution in [0.2, 0.25) is 5.02 Å². The van der Waals surface area contributed by atoms with Gasteiger partial charge in [-0.05, 0) is 17.7 Å². The van der Waals surface area contributed by atoms with Crippen LogP contribution in [0.25, 0.3) is 0 Å². The highest BCUT2D eigenvalue weighted by Gasteiger charge is 2.37. The Hall–Kier alpha value is -0.780. The minimum atomic E-state index is -4.42. The SMILES string of the molecule is NC1(c2ccc(C(F)(F)F)c(Cl)c2)CNC1. The number of alkyl halides is 3. The molecule has 0 aromatic heterocycles. The maximum Gasteiger partial charge on any atom is 0.417 e. The molecule has 0 saturated carbocycles. The smallest absolute Gasteiger partial charge is 0.319 e. The number of benzene rings is 1. The Labute approximate surface area is 95.6 Å². The highest BCUT2D eigenvalue weighted by atomic mass is 35.5. The van der Waals surface area contributed by atoms with Crippen molar-refractivity contribution in [3.8, 4) is 0 Å². The second-order valence-electron chi connectivity index (χ2n) is 3.95. The molecule has 0 amide bonds. The molecule has 1 aromatic rings. The van der Waals surface area contributed by atoms with Crippen molar-refractivity contribution in [3.05, 3.63) is 34.3 Å². The van der Waals surface area contributed by atoms with Crippen LogP contribution in [0.15, 0.2) is 18.2 Å². The summed E-state index contributed by atoms with van der Waals surface area (Å²) in [5, 5.41) is 2.67. The lowest BCUT2D eigenvalue weighted by molar-refractivity contribution is -0.137. The average Bonchev–Trinajstić information content (AvgIpc) is 2.12. The van der Waals surface area contributed by atoms with E-state index in [0.29, 0.717) is 18.7 Å². The van der Waals surface area contributed by atoms with Gasteiger partial charge in [0.2, 0.25) is 0 Å². The van der Waals surface area contributed by atoms with Gasteiger partial charge in [0.15, 0.2) is 0 Å². The minimum absolute atomic E-state index is 0.304. The number of halogens is 4. The average molecular weight is 251 g/mol. The molecule has 1 saturated heterocycles. The Morgan fingerprint density at radius 3 is 2.31 bits per heavy atom. The third-order valence-electron chi connectivity index (χ3n) is 2.73. The number of hydrogen-bond donors (Lipinski definition) is 2. The van der Waals surface area contributed by atoms with Crippen molar-refractivity contribution >= 4 is 11.6 Å². The third-order valence-corrected chi connectivity index (χ3v) is 3.04.